The summed E-state index contributed by atoms with van der Waals surface area (Å²) < 4.78 is 10.1. The van der Waals surface area contributed by atoms with Gasteiger partial charge in [-0.1, -0.05) is 68.4 Å². The molecule has 0 amide bonds. The van der Waals surface area contributed by atoms with E-state index in [1.165, 1.54) is 0 Å². The predicted molar refractivity (Wildman–Crippen MR) is 103 cm³/mol. The standard InChI is InChI=1S/C18H21Cl3O6/c1-4-6-18(3,7-5-2)9-26-16(24)12-13(21)10(19)8-11(20)14(12)27-17(25)15(22)23/h8H,4-7,9H2,1-3H3,(H,22,23). The van der Waals surface area contributed by atoms with E-state index in [1.807, 2.05) is 20.8 Å². The highest BCUT2D eigenvalue weighted by molar-refractivity contribution is 6.46. The minimum Gasteiger partial charge on any atom is -0.473 e. The maximum atomic E-state index is 12.6. The van der Waals surface area contributed by atoms with Gasteiger partial charge in [0, 0.05) is 5.41 Å². The van der Waals surface area contributed by atoms with E-state index in [1.54, 1.807) is 0 Å². The summed E-state index contributed by atoms with van der Waals surface area (Å²) in [4.78, 5) is 34.8. The Hall–Kier alpha value is -1.50. The van der Waals surface area contributed by atoms with E-state index in [0.717, 1.165) is 31.7 Å². The Morgan fingerprint density at radius 1 is 1.07 bits per heavy atom. The molecule has 27 heavy (non-hydrogen) atoms. The van der Waals surface area contributed by atoms with E-state index in [4.69, 9.17) is 49.4 Å². The molecule has 1 aromatic rings. The average Bonchev–Trinajstić information content (AvgIpc) is 2.58. The molecule has 0 bridgehead atoms. The topological polar surface area (TPSA) is 89.9 Å². The molecule has 0 saturated carbocycles. The van der Waals surface area contributed by atoms with Crippen molar-refractivity contribution in [2.75, 3.05) is 6.61 Å². The lowest BCUT2D eigenvalue weighted by Gasteiger charge is -2.28. The second-order valence-corrected chi connectivity index (χ2v) is 7.63. The third-order valence-corrected chi connectivity index (χ3v) is 5.03. The highest BCUT2D eigenvalue weighted by atomic mass is 35.5. The van der Waals surface area contributed by atoms with Gasteiger partial charge in [0.05, 0.1) is 21.7 Å². The summed E-state index contributed by atoms with van der Waals surface area (Å²) in [6, 6.07) is 1.14. The number of hydrogen-bond acceptors (Lipinski definition) is 5. The summed E-state index contributed by atoms with van der Waals surface area (Å²) in [6.07, 6.45) is 3.52. The number of carbonyl (C=O) groups excluding carboxylic acids is 2. The van der Waals surface area contributed by atoms with Crippen molar-refractivity contribution in [2.24, 2.45) is 5.41 Å². The maximum absolute atomic E-state index is 12.6. The molecule has 0 unspecified atom stereocenters. The first-order valence-corrected chi connectivity index (χ1v) is 9.49. The van der Waals surface area contributed by atoms with Crippen LogP contribution in [-0.2, 0) is 14.3 Å². The molecule has 0 aliphatic heterocycles. The van der Waals surface area contributed by atoms with E-state index in [9.17, 15) is 14.4 Å². The van der Waals surface area contributed by atoms with Crippen LogP contribution in [0, 0.1) is 5.41 Å². The van der Waals surface area contributed by atoms with E-state index < -0.39 is 23.7 Å². The monoisotopic (exact) mass is 438 g/mol. The average molecular weight is 440 g/mol. The summed E-state index contributed by atoms with van der Waals surface area (Å²) in [5.41, 5.74) is -0.620. The number of esters is 2. The first kappa shape index (κ1) is 23.5. The van der Waals surface area contributed by atoms with E-state index in [2.05, 4.69) is 0 Å². The molecule has 9 heteroatoms. The largest absolute Gasteiger partial charge is 0.473 e. The van der Waals surface area contributed by atoms with Crippen molar-refractivity contribution in [1.82, 2.24) is 0 Å². The van der Waals surface area contributed by atoms with E-state index >= 15 is 0 Å². The van der Waals surface area contributed by atoms with Crippen LogP contribution in [0.3, 0.4) is 0 Å². The summed E-state index contributed by atoms with van der Waals surface area (Å²) in [7, 11) is 0. The molecule has 0 saturated heterocycles. The molecule has 0 aliphatic carbocycles. The molecule has 0 aliphatic rings. The van der Waals surface area contributed by atoms with Crippen LogP contribution < -0.4 is 4.74 Å². The Bertz CT molecular complexity index is 726. The number of aliphatic carboxylic acids is 1. The molecule has 150 valence electrons. The Morgan fingerprint density at radius 2 is 1.63 bits per heavy atom. The van der Waals surface area contributed by atoms with Crippen molar-refractivity contribution in [3.8, 4) is 5.75 Å². The molecule has 1 N–H and O–H groups in total. The van der Waals surface area contributed by atoms with Crippen molar-refractivity contribution in [3.63, 3.8) is 0 Å². The molecule has 0 fully saturated rings. The van der Waals surface area contributed by atoms with Crippen LogP contribution in [0.4, 0.5) is 0 Å². The summed E-state index contributed by atoms with van der Waals surface area (Å²) in [5, 5.41) is 8.18. The lowest BCUT2D eigenvalue weighted by molar-refractivity contribution is -0.158. The SMILES string of the molecule is CCCC(C)(CCC)COC(=O)c1c(Cl)c(Cl)cc(Cl)c1OC(=O)C(=O)O. The first-order chi connectivity index (χ1) is 12.6. The zero-order valence-electron chi connectivity index (χ0n) is 15.2. The molecule has 1 aromatic carbocycles. The number of halogens is 3. The highest BCUT2D eigenvalue weighted by Crippen LogP contribution is 2.40. The molecule has 1 rings (SSSR count). The van der Waals surface area contributed by atoms with Crippen LogP contribution in [0.15, 0.2) is 6.07 Å². The van der Waals surface area contributed by atoms with Crippen LogP contribution in [0.1, 0.15) is 56.8 Å². The van der Waals surface area contributed by atoms with Crippen molar-refractivity contribution in [2.45, 2.75) is 46.5 Å². The van der Waals surface area contributed by atoms with Gasteiger partial charge in [0.1, 0.15) is 5.56 Å². The molecule has 0 heterocycles. The van der Waals surface area contributed by atoms with Crippen LogP contribution in [-0.4, -0.2) is 29.6 Å². The van der Waals surface area contributed by atoms with Crippen molar-refractivity contribution in [1.29, 1.82) is 0 Å². The number of carbonyl (C=O) groups is 3. The van der Waals surface area contributed by atoms with Gasteiger partial charge in [0.2, 0.25) is 0 Å². The number of hydrogen-bond donors (Lipinski definition) is 1. The molecule has 0 aromatic heterocycles. The van der Waals surface area contributed by atoms with Crippen molar-refractivity contribution < 1.29 is 29.0 Å². The first-order valence-electron chi connectivity index (χ1n) is 8.36. The zero-order valence-corrected chi connectivity index (χ0v) is 17.5. The highest BCUT2D eigenvalue weighted by Gasteiger charge is 2.30. The van der Waals surface area contributed by atoms with Gasteiger partial charge in [-0.05, 0) is 18.9 Å². The fourth-order valence-corrected chi connectivity index (χ4v) is 3.50. The summed E-state index contributed by atoms with van der Waals surface area (Å²) >= 11 is 18.0. The number of carboxylic acids is 1. The number of rotatable bonds is 8. The Balaban J connectivity index is 3.21. The lowest BCUT2D eigenvalue weighted by atomic mass is 9.82. The van der Waals surface area contributed by atoms with Crippen molar-refractivity contribution >= 4 is 52.7 Å². The van der Waals surface area contributed by atoms with Gasteiger partial charge in [-0.15, -0.1) is 0 Å². The Labute approximate surface area is 172 Å². The number of ether oxygens (including phenoxy) is 2. The van der Waals surface area contributed by atoms with Gasteiger partial charge in [0.15, 0.2) is 5.75 Å². The fourth-order valence-electron chi connectivity index (χ4n) is 2.79. The molecule has 0 atom stereocenters. The van der Waals surface area contributed by atoms with E-state index in [-0.39, 0.29) is 32.7 Å². The quantitative estimate of drug-likeness (QED) is 0.252. The molecular weight excluding hydrogens is 419 g/mol. The van der Waals surface area contributed by atoms with Gasteiger partial charge in [-0.2, -0.15) is 0 Å². The second kappa shape index (κ2) is 10.2. The van der Waals surface area contributed by atoms with Gasteiger partial charge in [0.25, 0.3) is 0 Å². The molecule has 0 spiro atoms. The number of carboxylic acid groups (broad SMARTS) is 1. The van der Waals surface area contributed by atoms with Crippen LogP contribution in [0.5, 0.6) is 5.75 Å². The summed E-state index contributed by atoms with van der Waals surface area (Å²) in [5.74, 6) is -4.88. The van der Waals surface area contributed by atoms with Crippen LogP contribution in [0.25, 0.3) is 0 Å². The zero-order chi connectivity index (χ0) is 20.8. The molecule has 0 radical (unpaired) electrons. The van der Waals surface area contributed by atoms with Crippen LogP contribution >= 0.6 is 34.8 Å². The van der Waals surface area contributed by atoms with Gasteiger partial charge >= 0.3 is 17.9 Å². The predicted octanol–water partition coefficient (Wildman–Crippen LogP) is 5.40. The van der Waals surface area contributed by atoms with Crippen molar-refractivity contribution in [3.05, 3.63) is 26.7 Å². The maximum Gasteiger partial charge on any atom is 0.422 e. The third kappa shape index (κ3) is 6.26. The van der Waals surface area contributed by atoms with Gasteiger partial charge < -0.3 is 14.6 Å². The Morgan fingerprint density at radius 3 is 2.11 bits per heavy atom. The van der Waals surface area contributed by atoms with Gasteiger partial charge in [-0.25, -0.2) is 14.4 Å². The van der Waals surface area contributed by atoms with Gasteiger partial charge in [-0.3, -0.25) is 0 Å². The molecular formula is C18H21Cl3O6. The minimum atomic E-state index is -1.85. The molecule has 6 nitrogen and oxygen atoms in total. The minimum absolute atomic E-state index is 0.0615. The fraction of sp³-hybridized carbons (Fsp3) is 0.500. The van der Waals surface area contributed by atoms with Crippen LogP contribution in [0.2, 0.25) is 15.1 Å². The smallest absolute Gasteiger partial charge is 0.422 e. The summed E-state index contributed by atoms with van der Waals surface area (Å²) in [6.45, 7) is 6.19. The van der Waals surface area contributed by atoms with E-state index in [0.29, 0.717) is 0 Å². The normalized spacial score (nSPS) is 11.2. The number of benzene rings is 1. The Kier molecular flexibility index (Phi) is 8.85. The third-order valence-electron chi connectivity index (χ3n) is 3.96. The lowest BCUT2D eigenvalue weighted by Crippen LogP contribution is -2.26. The second-order valence-electron chi connectivity index (χ2n) is 6.44.